The molecule has 0 aliphatic carbocycles. The van der Waals surface area contributed by atoms with Crippen molar-refractivity contribution in [3.63, 3.8) is 0 Å². The second-order valence-corrected chi connectivity index (χ2v) is 14.2. The zero-order valence-corrected chi connectivity index (χ0v) is 28.1. The van der Waals surface area contributed by atoms with Crippen LogP contribution in [0.4, 0.5) is 0 Å². The average Bonchev–Trinajstić information content (AvgIpc) is 3.12. The molecule has 8 heteroatoms. The highest BCUT2D eigenvalue weighted by Crippen LogP contribution is 2.42. The zero-order chi connectivity index (χ0) is 33.5. The Morgan fingerprint density at radius 3 is 2.06 bits per heavy atom. The van der Waals surface area contributed by atoms with Crippen molar-refractivity contribution >= 4 is 10.0 Å². The molecule has 4 unspecified atom stereocenters. The molecule has 1 aliphatic heterocycles. The van der Waals surface area contributed by atoms with Gasteiger partial charge in [0.25, 0.3) is 0 Å². The summed E-state index contributed by atoms with van der Waals surface area (Å²) in [5.41, 5.74) is 6.85. The molecule has 1 heterocycles. The van der Waals surface area contributed by atoms with Gasteiger partial charge < -0.3 is 14.6 Å². The van der Waals surface area contributed by atoms with Crippen molar-refractivity contribution in [2.24, 2.45) is 5.92 Å². The van der Waals surface area contributed by atoms with Gasteiger partial charge in [-0.25, -0.2) is 13.1 Å². The molecule has 6 rings (SSSR count). The average molecular weight is 663 g/mol. The number of nitrogens with zero attached hydrogens (tertiary/aromatic N) is 1. The molecule has 1 saturated heterocycles. The van der Waals surface area contributed by atoms with Crippen LogP contribution in [-0.2, 0) is 39.2 Å². The highest BCUT2D eigenvalue weighted by Gasteiger charge is 2.39. The van der Waals surface area contributed by atoms with Crippen molar-refractivity contribution in [1.29, 1.82) is 0 Å². The van der Waals surface area contributed by atoms with E-state index in [1.807, 2.05) is 72.8 Å². The number of aliphatic hydroxyl groups is 1. The first-order valence-corrected chi connectivity index (χ1v) is 17.7. The Morgan fingerprint density at radius 1 is 0.708 bits per heavy atom. The fraction of sp³-hybridized carbons (Fsp3) is 0.250. The van der Waals surface area contributed by atoms with Crippen LogP contribution >= 0.6 is 0 Å². The summed E-state index contributed by atoms with van der Waals surface area (Å²) < 4.78 is 41.8. The first-order valence-electron chi connectivity index (χ1n) is 16.3. The standard InChI is InChI=1S/C40H42N2O5S/c1-29-38(27-42(2)26-30-11-5-3-6-12-30)46-40(47-39(29)33-21-19-31(28-43)20-22-33)36-16-10-15-35(24-36)34-14-9-13-32(23-34)25-41-48(44,45)37-17-7-4-8-18-37/h3-24,29,38-41,43H,25-28H2,1-2H3. The van der Waals surface area contributed by atoms with Gasteiger partial charge in [0, 0.05) is 31.1 Å². The largest absolute Gasteiger partial charge is 0.392 e. The van der Waals surface area contributed by atoms with E-state index in [0.29, 0.717) is 0 Å². The fourth-order valence-corrected chi connectivity index (χ4v) is 7.22. The van der Waals surface area contributed by atoms with Gasteiger partial charge in [0.2, 0.25) is 10.0 Å². The van der Waals surface area contributed by atoms with Crippen molar-refractivity contribution in [3.05, 3.63) is 161 Å². The Bertz CT molecular complexity index is 1880. The van der Waals surface area contributed by atoms with Gasteiger partial charge in [-0.1, -0.05) is 116 Å². The lowest BCUT2D eigenvalue weighted by molar-refractivity contribution is -0.276. The van der Waals surface area contributed by atoms with Gasteiger partial charge in [-0.2, -0.15) is 0 Å². The maximum atomic E-state index is 12.8. The topological polar surface area (TPSA) is 88.1 Å². The van der Waals surface area contributed by atoms with Gasteiger partial charge in [-0.15, -0.1) is 0 Å². The Kier molecular flexibility index (Phi) is 10.8. The monoisotopic (exact) mass is 662 g/mol. The molecule has 7 nitrogen and oxygen atoms in total. The molecule has 1 fully saturated rings. The molecule has 5 aromatic rings. The van der Waals surface area contributed by atoms with Gasteiger partial charge in [0.15, 0.2) is 6.29 Å². The molecule has 0 spiro atoms. The minimum Gasteiger partial charge on any atom is -0.392 e. The third kappa shape index (κ3) is 8.28. The summed E-state index contributed by atoms with van der Waals surface area (Å²) in [5, 5.41) is 9.61. The molecule has 5 aromatic carbocycles. The van der Waals surface area contributed by atoms with E-state index in [9.17, 15) is 13.5 Å². The number of benzene rings is 5. The molecule has 0 bridgehead atoms. The lowest BCUT2D eigenvalue weighted by atomic mass is 9.90. The van der Waals surface area contributed by atoms with Crippen LogP contribution in [-0.4, -0.2) is 38.1 Å². The summed E-state index contributed by atoms with van der Waals surface area (Å²) in [7, 11) is -1.51. The van der Waals surface area contributed by atoms with Gasteiger partial charge >= 0.3 is 0 Å². The highest BCUT2D eigenvalue weighted by atomic mass is 32.2. The van der Waals surface area contributed by atoms with E-state index in [1.165, 1.54) is 5.56 Å². The Morgan fingerprint density at radius 2 is 1.35 bits per heavy atom. The predicted molar refractivity (Wildman–Crippen MR) is 188 cm³/mol. The maximum absolute atomic E-state index is 12.8. The van der Waals surface area contributed by atoms with Crippen molar-refractivity contribution < 1.29 is 23.0 Å². The van der Waals surface area contributed by atoms with Crippen LogP contribution in [0.2, 0.25) is 0 Å². The van der Waals surface area contributed by atoms with Crippen molar-refractivity contribution in [1.82, 2.24) is 9.62 Å². The Labute approximate surface area is 283 Å². The van der Waals surface area contributed by atoms with E-state index in [4.69, 9.17) is 9.47 Å². The van der Waals surface area contributed by atoms with Crippen LogP contribution in [0.25, 0.3) is 11.1 Å². The van der Waals surface area contributed by atoms with Gasteiger partial charge in [-0.3, -0.25) is 4.90 Å². The van der Waals surface area contributed by atoms with Gasteiger partial charge in [0.1, 0.15) is 0 Å². The molecule has 248 valence electrons. The third-order valence-corrected chi connectivity index (χ3v) is 10.3. The van der Waals surface area contributed by atoms with Crippen LogP contribution in [0.15, 0.2) is 138 Å². The lowest BCUT2D eigenvalue weighted by Crippen LogP contribution is -2.43. The number of hydrogen-bond donors (Lipinski definition) is 2. The van der Waals surface area contributed by atoms with Crippen LogP contribution < -0.4 is 4.72 Å². The van der Waals surface area contributed by atoms with Crippen LogP contribution in [0.3, 0.4) is 0 Å². The summed E-state index contributed by atoms with van der Waals surface area (Å²) >= 11 is 0. The van der Waals surface area contributed by atoms with E-state index >= 15 is 0 Å². The molecule has 0 radical (unpaired) electrons. The molecule has 1 aliphatic rings. The summed E-state index contributed by atoms with van der Waals surface area (Å²) in [4.78, 5) is 2.53. The summed E-state index contributed by atoms with van der Waals surface area (Å²) in [5.74, 6) is 0.0685. The minimum atomic E-state index is -3.62. The Hall–Kier alpha value is -4.15. The number of hydrogen-bond acceptors (Lipinski definition) is 6. The zero-order valence-electron chi connectivity index (χ0n) is 27.3. The molecule has 2 N–H and O–H groups in total. The van der Waals surface area contributed by atoms with E-state index < -0.39 is 16.3 Å². The molecule has 0 amide bonds. The van der Waals surface area contributed by atoms with Crippen LogP contribution in [0.1, 0.15) is 47.1 Å². The van der Waals surface area contributed by atoms with E-state index in [2.05, 4.69) is 53.9 Å². The predicted octanol–water partition coefficient (Wildman–Crippen LogP) is 7.25. The Balaban J connectivity index is 1.23. The van der Waals surface area contributed by atoms with Gasteiger partial charge in [-0.05, 0) is 64.7 Å². The second kappa shape index (κ2) is 15.4. The van der Waals surface area contributed by atoms with E-state index in [0.717, 1.165) is 46.5 Å². The van der Waals surface area contributed by atoms with E-state index in [-0.39, 0.29) is 36.2 Å². The first kappa shape index (κ1) is 33.7. The first-order chi connectivity index (χ1) is 23.3. The summed E-state index contributed by atoms with van der Waals surface area (Å²) in [6.07, 6.45) is -0.916. The molecular weight excluding hydrogens is 621 g/mol. The molecular formula is C40H42N2O5S. The summed E-state index contributed by atoms with van der Waals surface area (Å²) in [6.45, 7) is 3.87. The molecule has 0 aromatic heterocycles. The van der Waals surface area contributed by atoms with E-state index in [1.54, 1.807) is 30.3 Å². The number of ether oxygens (including phenoxy) is 2. The quantitative estimate of drug-likeness (QED) is 0.146. The number of aliphatic hydroxyl groups excluding tert-OH is 1. The molecule has 0 saturated carbocycles. The second-order valence-electron chi connectivity index (χ2n) is 12.5. The van der Waals surface area contributed by atoms with Crippen molar-refractivity contribution in [3.8, 4) is 11.1 Å². The fourth-order valence-electron chi connectivity index (χ4n) is 6.18. The number of nitrogens with one attached hydrogen (secondary N) is 1. The number of rotatable bonds is 12. The van der Waals surface area contributed by atoms with Crippen LogP contribution in [0, 0.1) is 5.92 Å². The van der Waals surface area contributed by atoms with Crippen molar-refractivity contribution in [2.75, 3.05) is 13.6 Å². The smallest absolute Gasteiger partial charge is 0.240 e. The van der Waals surface area contributed by atoms with Crippen molar-refractivity contribution in [2.45, 2.75) is 50.0 Å². The molecule has 48 heavy (non-hydrogen) atoms. The van der Waals surface area contributed by atoms with Crippen LogP contribution in [0.5, 0.6) is 0 Å². The minimum absolute atomic E-state index is 0.00705. The SMILES string of the molecule is CC1C(CN(C)Cc2ccccc2)OC(c2cccc(-c3cccc(CNS(=O)(=O)c4ccccc4)c3)c2)OC1c1ccc(CO)cc1. The third-order valence-electron chi connectivity index (χ3n) is 8.85. The number of likely N-dealkylation sites (N-methyl/N-ethyl adjacent to an activating group) is 1. The maximum Gasteiger partial charge on any atom is 0.240 e. The lowest BCUT2D eigenvalue weighted by Gasteiger charge is -2.42. The summed E-state index contributed by atoms with van der Waals surface area (Å²) in [6, 6.07) is 42.8. The molecule has 4 atom stereocenters. The highest BCUT2D eigenvalue weighted by molar-refractivity contribution is 7.89. The van der Waals surface area contributed by atoms with Gasteiger partial charge in [0.05, 0.1) is 23.7 Å². The normalized spacial score (nSPS) is 19.8. The number of sulfonamides is 1.